The van der Waals surface area contributed by atoms with Gasteiger partial charge in [-0.2, -0.15) is 0 Å². The minimum absolute atomic E-state index is 0.322. The maximum atomic E-state index is 11.8. The van der Waals surface area contributed by atoms with Gasteiger partial charge in [0, 0.05) is 23.7 Å². The van der Waals surface area contributed by atoms with Crippen LogP contribution in [-0.4, -0.2) is 68.8 Å². The molecule has 3 aliphatic rings. The molecule has 7 heteroatoms. The third-order valence-electron chi connectivity index (χ3n) is 9.07. The number of carbonyl (C=O) groups is 1. The second-order valence-electron chi connectivity index (χ2n) is 10.9. The zero-order valence-electron chi connectivity index (χ0n) is 23.5. The van der Waals surface area contributed by atoms with Crippen molar-refractivity contribution in [2.75, 3.05) is 52.7 Å². The number of rotatable bonds is 7. The zero-order chi connectivity index (χ0) is 27.3. The summed E-state index contributed by atoms with van der Waals surface area (Å²) in [6.07, 6.45) is 8.22. The molecule has 2 N–H and O–H groups in total. The van der Waals surface area contributed by atoms with E-state index in [1.165, 1.54) is 45.1 Å². The van der Waals surface area contributed by atoms with Crippen LogP contribution >= 0.6 is 11.6 Å². The van der Waals surface area contributed by atoms with E-state index in [1.807, 2.05) is 0 Å². The molecule has 0 unspecified atom stereocenters. The van der Waals surface area contributed by atoms with E-state index in [0.29, 0.717) is 28.3 Å². The van der Waals surface area contributed by atoms with E-state index >= 15 is 0 Å². The van der Waals surface area contributed by atoms with Crippen molar-refractivity contribution in [1.29, 1.82) is 0 Å². The van der Waals surface area contributed by atoms with Gasteiger partial charge in [0.1, 0.15) is 12.4 Å². The van der Waals surface area contributed by atoms with Gasteiger partial charge in [-0.3, -0.25) is 0 Å². The van der Waals surface area contributed by atoms with Gasteiger partial charge < -0.3 is 25.0 Å². The molecule has 0 radical (unpaired) electrons. The summed E-state index contributed by atoms with van der Waals surface area (Å²) < 4.78 is 10.7. The lowest BCUT2D eigenvalue weighted by Gasteiger charge is -2.58. The summed E-state index contributed by atoms with van der Waals surface area (Å²) in [6.45, 7) is 8.38. The molecule has 5 rings (SSSR count). The first kappa shape index (κ1) is 28.7. The summed E-state index contributed by atoms with van der Waals surface area (Å²) >= 11 is 5.93. The van der Waals surface area contributed by atoms with Crippen LogP contribution in [0.25, 0.3) is 0 Å². The predicted octanol–water partition coefficient (Wildman–Crippen LogP) is 5.80. The number of esters is 1. The Morgan fingerprint density at radius 3 is 2.66 bits per heavy atom. The van der Waals surface area contributed by atoms with Crippen molar-refractivity contribution < 1.29 is 14.3 Å². The molecule has 1 saturated carbocycles. The number of halogens is 1. The Hall–Kier alpha value is -2.28. The van der Waals surface area contributed by atoms with Crippen molar-refractivity contribution >= 4 is 23.3 Å². The van der Waals surface area contributed by atoms with E-state index in [4.69, 9.17) is 26.8 Å². The molecule has 0 spiro atoms. The molecule has 0 amide bonds. The number of nitrogen functional groups attached to an aromatic ring is 1. The first-order chi connectivity index (χ1) is 18.3. The normalized spacial score (nSPS) is 24.1. The van der Waals surface area contributed by atoms with E-state index in [1.54, 1.807) is 36.4 Å². The molecule has 0 aromatic heterocycles. The van der Waals surface area contributed by atoms with Gasteiger partial charge in [0.2, 0.25) is 0 Å². The van der Waals surface area contributed by atoms with E-state index in [0.717, 1.165) is 37.3 Å². The number of fused-ring (bicyclic) bond motifs is 1. The second kappa shape index (κ2) is 12.7. The molecule has 38 heavy (non-hydrogen) atoms. The standard InChI is InChI=1S/C18H25NO.C13H19ClN2O2/c1-19-10-9-18-8-4-3-5-15(18)17(19)11-13-6-7-14(20-2)12-16(13)18;1-3-16(4-2)7-8-18-13(17)11-6-5-10(15)9-12(11)14/h6-7,12,15,17H,3-5,8-11H2,1-2H3;5-6,9H,3-4,7-8,15H2,1-2H3/t15-,17-,18+;/m1./s1. The summed E-state index contributed by atoms with van der Waals surface area (Å²) in [5.41, 5.74) is 10.1. The molecule has 1 aliphatic heterocycles. The van der Waals surface area contributed by atoms with Crippen LogP contribution in [0.15, 0.2) is 36.4 Å². The van der Waals surface area contributed by atoms with Gasteiger partial charge in [0.25, 0.3) is 0 Å². The fourth-order valence-electron chi connectivity index (χ4n) is 6.88. The third kappa shape index (κ3) is 5.98. The largest absolute Gasteiger partial charge is 0.497 e. The van der Waals surface area contributed by atoms with Crippen molar-refractivity contribution in [2.45, 2.75) is 63.8 Å². The van der Waals surface area contributed by atoms with E-state index in [-0.39, 0.29) is 0 Å². The van der Waals surface area contributed by atoms with Crippen LogP contribution in [0.2, 0.25) is 5.02 Å². The summed E-state index contributed by atoms with van der Waals surface area (Å²) in [4.78, 5) is 16.6. The average molecular weight is 542 g/mol. The summed E-state index contributed by atoms with van der Waals surface area (Å²) in [5, 5.41) is 0.322. The van der Waals surface area contributed by atoms with Gasteiger partial charge in [-0.25, -0.2) is 4.79 Å². The van der Waals surface area contributed by atoms with Crippen molar-refractivity contribution in [2.24, 2.45) is 5.92 Å². The van der Waals surface area contributed by atoms with Crippen LogP contribution in [0.3, 0.4) is 0 Å². The van der Waals surface area contributed by atoms with Gasteiger partial charge in [0.05, 0.1) is 17.7 Å². The molecule has 1 saturated heterocycles. The van der Waals surface area contributed by atoms with Gasteiger partial charge >= 0.3 is 5.97 Å². The highest BCUT2D eigenvalue weighted by atomic mass is 35.5. The minimum atomic E-state index is -0.410. The molecular weight excluding hydrogens is 498 g/mol. The number of piperidine rings is 1. The number of methoxy groups -OCH3 is 1. The molecule has 2 aromatic rings. The third-order valence-corrected chi connectivity index (χ3v) is 9.38. The van der Waals surface area contributed by atoms with Crippen LogP contribution in [0, 0.1) is 5.92 Å². The van der Waals surface area contributed by atoms with Crippen molar-refractivity contribution in [3.05, 3.63) is 58.1 Å². The molecule has 3 atom stereocenters. The minimum Gasteiger partial charge on any atom is -0.497 e. The van der Waals surface area contributed by atoms with Gasteiger partial charge in [0.15, 0.2) is 0 Å². The SMILES string of the molecule is CCN(CC)CCOC(=O)c1ccc(N)cc1Cl.COc1ccc2c(c1)[C@]13CCCC[C@@H]1[C@@H](C2)N(C)CC3. The Balaban J connectivity index is 0.000000179. The number of hydrogen-bond acceptors (Lipinski definition) is 6. The molecule has 1 heterocycles. The Morgan fingerprint density at radius 2 is 1.95 bits per heavy atom. The molecule has 6 nitrogen and oxygen atoms in total. The van der Waals surface area contributed by atoms with E-state index in [9.17, 15) is 4.79 Å². The molecule has 208 valence electrons. The monoisotopic (exact) mass is 541 g/mol. The quantitative estimate of drug-likeness (QED) is 0.353. The highest BCUT2D eigenvalue weighted by Gasteiger charge is 2.53. The average Bonchev–Trinajstić information content (AvgIpc) is 2.93. The Kier molecular flexibility index (Phi) is 9.61. The summed E-state index contributed by atoms with van der Waals surface area (Å²) in [6, 6.07) is 12.4. The predicted molar refractivity (Wildman–Crippen MR) is 155 cm³/mol. The number of likely N-dealkylation sites (tertiary alicyclic amines) is 1. The molecule has 2 aliphatic carbocycles. The highest BCUT2D eigenvalue weighted by Crippen LogP contribution is 2.55. The Morgan fingerprint density at radius 1 is 1.16 bits per heavy atom. The van der Waals surface area contributed by atoms with E-state index in [2.05, 4.69) is 48.9 Å². The molecule has 2 fully saturated rings. The maximum Gasteiger partial charge on any atom is 0.339 e. The van der Waals surface area contributed by atoms with E-state index < -0.39 is 5.97 Å². The smallest absolute Gasteiger partial charge is 0.339 e. The fraction of sp³-hybridized carbons (Fsp3) is 0.581. The van der Waals surface area contributed by atoms with Gasteiger partial charge in [-0.15, -0.1) is 0 Å². The highest BCUT2D eigenvalue weighted by molar-refractivity contribution is 6.33. The first-order valence-corrected chi connectivity index (χ1v) is 14.5. The molecule has 2 bridgehead atoms. The number of ether oxygens (including phenoxy) is 2. The van der Waals surface area contributed by atoms with Gasteiger partial charge in [-0.1, -0.05) is 44.4 Å². The number of anilines is 1. The lowest BCUT2D eigenvalue weighted by molar-refractivity contribution is 0.00274. The van der Waals surface area contributed by atoms with Crippen LogP contribution in [-0.2, 0) is 16.6 Å². The number of carbonyl (C=O) groups excluding carboxylic acids is 1. The second-order valence-corrected chi connectivity index (χ2v) is 11.3. The topological polar surface area (TPSA) is 68.0 Å². The van der Waals surface area contributed by atoms with Crippen LogP contribution in [0.5, 0.6) is 5.75 Å². The van der Waals surface area contributed by atoms with Crippen molar-refractivity contribution in [3.63, 3.8) is 0 Å². The lowest BCUT2D eigenvalue weighted by Crippen LogP contribution is -2.59. The number of likely N-dealkylation sites (N-methyl/N-ethyl adjacent to an activating group) is 2. The zero-order valence-corrected chi connectivity index (χ0v) is 24.2. The Bertz CT molecular complexity index is 1110. The number of nitrogens with zero attached hydrogens (tertiary/aromatic N) is 2. The Labute approximate surface area is 233 Å². The van der Waals surface area contributed by atoms with Crippen molar-refractivity contribution in [1.82, 2.24) is 9.80 Å². The van der Waals surface area contributed by atoms with Crippen LogP contribution in [0.4, 0.5) is 5.69 Å². The lowest BCUT2D eigenvalue weighted by atomic mass is 9.52. The van der Waals surface area contributed by atoms with Gasteiger partial charge in [-0.05, 0) is 99.7 Å². The number of benzene rings is 2. The molecule has 2 aromatic carbocycles. The molecular formula is C31H44ClN3O3. The fourth-order valence-corrected chi connectivity index (χ4v) is 7.15. The van der Waals surface area contributed by atoms with Crippen molar-refractivity contribution in [3.8, 4) is 5.75 Å². The summed E-state index contributed by atoms with van der Waals surface area (Å²) in [5.74, 6) is 1.50. The summed E-state index contributed by atoms with van der Waals surface area (Å²) in [7, 11) is 4.12. The number of nitrogens with two attached hydrogens (primary N) is 1. The maximum absolute atomic E-state index is 11.8. The first-order valence-electron chi connectivity index (χ1n) is 14.1. The van der Waals surface area contributed by atoms with Crippen LogP contribution in [0.1, 0.15) is 67.4 Å². The van der Waals surface area contributed by atoms with Crippen LogP contribution < -0.4 is 10.5 Å². The number of hydrogen-bond donors (Lipinski definition) is 1.